The van der Waals surface area contributed by atoms with Crippen LogP contribution in [0.3, 0.4) is 0 Å². The molecule has 0 aliphatic rings. The van der Waals surface area contributed by atoms with Gasteiger partial charge in [-0.25, -0.2) is 4.79 Å². The number of anilines is 1. The van der Waals surface area contributed by atoms with E-state index in [4.69, 9.17) is 5.11 Å². The van der Waals surface area contributed by atoms with Gasteiger partial charge in [-0.1, -0.05) is 0 Å². The Hall–Kier alpha value is -2.57. The second kappa shape index (κ2) is 4.74. The van der Waals surface area contributed by atoms with Crippen LogP contribution in [0.1, 0.15) is 10.5 Å². The lowest BCUT2D eigenvalue weighted by atomic mass is 10.4. The summed E-state index contributed by atoms with van der Waals surface area (Å²) in [6.07, 6.45) is 4.73. The van der Waals surface area contributed by atoms with Gasteiger partial charge in [0.2, 0.25) is 5.91 Å². The van der Waals surface area contributed by atoms with Crippen molar-refractivity contribution in [1.82, 2.24) is 14.3 Å². The molecule has 1 amide bonds. The molecular formula is C11H12N4O3. The molecule has 2 aromatic rings. The summed E-state index contributed by atoms with van der Waals surface area (Å²) in [5.74, 6) is -1.36. The molecule has 2 rings (SSSR count). The Bertz CT molecular complexity index is 585. The van der Waals surface area contributed by atoms with Crippen LogP contribution in [0.2, 0.25) is 0 Å². The monoisotopic (exact) mass is 248 g/mol. The van der Waals surface area contributed by atoms with Gasteiger partial charge in [-0.15, -0.1) is 0 Å². The minimum Gasteiger partial charge on any atom is -0.477 e. The zero-order valence-electron chi connectivity index (χ0n) is 9.70. The third-order valence-corrected chi connectivity index (χ3v) is 2.35. The summed E-state index contributed by atoms with van der Waals surface area (Å²) >= 11 is 0. The zero-order chi connectivity index (χ0) is 13.1. The van der Waals surface area contributed by atoms with Gasteiger partial charge in [-0.05, 0) is 12.1 Å². The smallest absolute Gasteiger partial charge is 0.352 e. The molecule has 2 heterocycles. The van der Waals surface area contributed by atoms with Crippen molar-refractivity contribution in [3.8, 4) is 0 Å². The van der Waals surface area contributed by atoms with Crippen LogP contribution in [-0.2, 0) is 18.4 Å². The number of rotatable bonds is 4. The van der Waals surface area contributed by atoms with Crippen LogP contribution in [-0.4, -0.2) is 31.3 Å². The highest BCUT2D eigenvalue weighted by Crippen LogP contribution is 2.06. The third kappa shape index (κ3) is 2.57. The van der Waals surface area contributed by atoms with E-state index in [1.165, 1.54) is 16.8 Å². The van der Waals surface area contributed by atoms with Crippen molar-refractivity contribution < 1.29 is 14.7 Å². The minimum absolute atomic E-state index is 0.0521. The summed E-state index contributed by atoms with van der Waals surface area (Å²) in [5, 5.41) is 15.4. The van der Waals surface area contributed by atoms with E-state index in [0.717, 1.165) is 0 Å². The number of carboxylic acids is 1. The van der Waals surface area contributed by atoms with Gasteiger partial charge in [0.15, 0.2) is 0 Å². The van der Waals surface area contributed by atoms with Crippen LogP contribution in [0.15, 0.2) is 30.7 Å². The lowest BCUT2D eigenvalue weighted by molar-refractivity contribution is -0.116. The fraction of sp³-hybridized carbons (Fsp3) is 0.182. The molecule has 0 fully saturated rings. The van der Waals surface area contributed by atoms with E-state index < -0.39 is 5.97 Å². The lowest BCUT2D eigenvalue weighted by Gasteiger charge is -2.06. The Kier molecular flexibility index (Phi) is 3.13. The molecule has 7 heteroatoms. The predicted molar refractivity (Wildman–Crippen MR) is 63.2 cm³/mol. The van der Waals surface area contributed by atoms with Crippen molar-refractivity contribution in [3.05, 3.63) is 36.4 Å². The largest absolute Gasteiger partial charge is 0.477 e. The van der Waals surface area contributed by atoms with Gasteiger partial charge >= 0.3 is 5.97 Å². The molecule has 2 N–H and O–H groups in total. The fourth-order valence-corrected chi connectivity index (χ4v) is 1.59. The van der Waals surface area contributed by atoms with Crippen molar-refractivity contribution >= 4 is 17.6 Å². The summed E-state index contributed by atoms with van der Waals surface area (Å²) in [6, 6.07) is 3.03. The number of carbonyl (C=O) groups is 2. The Morgan fingerprint density at radius 1 is 1.50 bits per heavy atom. The van der Waals surface area contributed by atoms with Gasteiger partial charge < -0.3 is 15.0 Å². The number of amides is 1. The highest BCUT2D eigenvalue weighted by Gasteiger charge is 2.11. The molecule has 2 aromatic heterocycles. The minimum atomic E-state index is -1.06. The van der Waals surface area contributed by atoms with Gasteiger partial charge in [0.1, 0.15) is 12.2 Å². The molecule has 0 bridgehead atoms. The quantitative estimate of drug-likeness (QED) is 0.827. The summed E-state index contributed by atoms with van der Waals surface area (Å²) in [7, 11) is 1.74. The van der Waals surface area contributed by atoms with Crippen LogP contribution in [0.25, 0.3) is 0 Å². The average Bonchev–Trinajstić information content (AvgIpc) is 2.87. The molecule has 0 radical (unpaired) electrons. The summed E-state index contributed by atoms with van der Waals surface area (Å²) in [6.45, 7) is -0.0521. The first kappa shape index (κ1) is 11.9. The van der Waals surface area contributed by atoms with Crippen molar-refractivity contribution in [3.63, 3.8) is 0 Å². The SMILES string of the molecule is Cn1cc(NC(=O)Cn2cccc2C(=O)O)cn1. The molecule has 0 aliphatic carbocycles. The normalized spacial score (nSPS) is 10.3. The molecule has 0 aliphatic heterocycles. The van der Waals surface area contributed by atoms with E-state index in [-0.39, 0.29) is 18.1 Å². The number of nitrogens with zero attached hydrogens (tertiary/aromatic N) is 3. The van der Waals surface area contributed by atoms with Gasteiger partial charge in [0.25, 0.3) is 0 Å². The standard InChI is InChI=1S/C11H12N4O3/c1-14-6-8(5-12-14)13-10(16)7-15-4-2-3-9(15)11(17)18/h2-6H,7H2,1H3,(H,13,16)(H,17,18). The topological polar surface area (TPSA) is 89.2 Å². The van der Waals surface area contributed by atoms with Gasteiger partial charge in [-0.3, -0.25) is 9.48 Å². The van der Waals surface area contributed by atoms with E-state index in [0.29, 0.717) is 5.69 Å². The molecule has 0 saturated heterocycles. The van der Waals surface area contributed by atoms with Crippen molar-refractivity contribution in [2.45, 2.75) is 6.54 Å². The van der Waals surface area contributed by atoms with E-state index in [2.05, 4.69) is 10.4 Å². The Morgan fingerprint density at radius 3 is 2.89 bits per heavy atom. The second-order valence-corrected chi connectivity index (χ2v) is 3.78. The first-order valence-corrected chi connectivity index (χ1v) is 5.23. The van der Waals surface area contributed by atoms with Gasteiger partial charge in [0, 0.05) is 19.4 Å². The van der Waals surface area contributed by atoms with Crippen LogP contribution in [0.5, 0.6) is 0 Å². The molecular weight excluding hydrogens is 236 g/mol. The van der Waals surface area contributed by atoms with Crippen molar-refractivity contribution in [2.75, 3.05) is 5.32 Å². The molecule has 18 heavy (non-hydrogen) atoms. The van der Waals surface area contributed by atoms with Gasteiger partial charge in [-0.2, -0.15) is 5.10 Å². The second-order valence-electron chi connectivity index (χ2n) is 3.78. The maximum Gasteiger partial charge on any atom is 0.352 e. The van der Waals surface area contributed by atoms with Crippen LogP contribution in [0, 0.1) is 0 Å². The van der Waals surface area contributed by atoms with Crippen LogP contribution < -0.4 is 5.32 Å². The highest BCUT2D eigenvalue weighted by atomic mass is 16.4. The van der Waals surface area contributed by atoms with Crippen molar-refractivity contribution in [1.29, 1.82) is 0 Å². The number of aromatic nitrogens is 3. The maximum atomic E-state index is 11.7. The average molecular weight is 248 g/mol. The number of carboxylic acid groups (broad SMARTS) is 1. The molecule has 0 atom stereocenters. The van der Waals surface area contributed by atoms with E-state index >= 15 is 0 Å². The highest BCUT2D eigenvalue weighted by molar-refractivity contribution is 5.91. The van der Waals surface area contributed by atoms with Gasteiger partial charge in [0.05, 0.1) is 11.9 Å². The fourth-order valence-electron chi connectivity index (χ4n) is 1.59. The Balaban J connectivity index is 2.03. The number of carbonyl (C=O) groups excluding carboxylic acids is 1. The number of aromatic carboxylic acids is 1. The van der Waals surface area contributed by atoms with Crippen LogP contribution >= 0.6 is 0 Å². The van der Waals surface area contributed by atoms with E-state index in [1.807, 2.05) is 0 Å². The lowest BCUT2D eigenvalue weighted by Crippen LogP contribution is -2.20. The molecule has 0 unspecified atom stereocenters. The first-order chi connectivity index (χ1) is 8.56. The molecule has 0 spiro atoms. The molecule has 94 valence electrons. The molecule has 7 nitrogen and oxygen atoms in total. The molecule has 0 saturated carbocycles. The molecule has 0 aromatic carbocycles. The number of hydrogen-bond acceptors (Lipinski definition) is 3. The third-order valence-electron chi connectivity index (χ3n) is 2.35. The summed E-state index contributed by atoms with van der Waals surface area (Å²) < 4.78 is 2.93. The zero-order valence-corrected chi connectivity index (χ0v) is 9.70. The first-order valence-electron chi connectivity index (χ1n) is 5.23. The van der Waals surface area contributed by atoms with Crippen LogP contribution in [0.4, 0.5) is 5.69 Å². The van der Waals surface area contributed by atoms with E-state index in [9.17, 15) is 9.59 Å². The number of hydrogen-bond donors (Lipinski definition) is 2. The van der Waals surface area contributed by atoms with Crippen molar-refractivity contribution in [2.24, 2.45) is 7.05 Å². The number of aryl methyl sites for hydroxylation is 1. The summed E-state index contributed by atoms with van der Waals surface area (Å²) in [5.41, 5.74) is 0.655. The predicted octanol–water partition coefficient (Wildman–Crippen LogP) is 0.558. The van der Waals surface area contributed by atoms with E-state index in [1.54, 1.807) is 30.2 Å². The number of nitrogens with one attached hydrogen (secondary N) is 1. The summed E-state index contributed by atoms with van der Waals surface area (Å²) in [4.78, 5) is 22.6. The maximum absolute atomic E-state index is 11.7. The Labute approximate surface area is 103 Å². The Morgan fingerprint density at radius 2 is 2.28 bits per heavy atom.